The largest absolute Gasteiger partial charge is 0.497 e. The lowest BCUT2D eigenvalue weighted by atomic mass is 10.0. The van der Waals surface area contributed by atoms with Crippen molar-refractivity contribution in [1.82, 2.24) is 14.5 Å². The Labute approximate surface area is 186 Å². The monoisotopic (exact) mass is 422 g/mol. The summed E-state index contributed by atoms with van der Waals surface area (Å²) in [6, 6.07) is 15.2. The summed E-state index contributed by atoms with van der Waals surface area (Å²) in [4.78, 5) is 21.0. The molecule has 1 saturated carbocycles. The molecule has 0 spiro atoms. The fraction of sp³-hybridized carbons (Fsp3) is 0.192. The molecule has 0 atom stereocenters. The van der Waals surface area contributed by atoms with E-state index in [0.717, 1.165) is 35.4 Å². The molecule has 0 saturated heterocycles. The number of Topliss-reactive ketones (excluding diaryl/α,β-unsaturated/α-hetero) is 1. The number of benzene rings is 2. The van der Waals surface area contributed by atoms with E-state index in [1.54, 1.807) is 7.11 Å². The highest BCUT2D eigenvalue weighted by Gasteiger charge is 2.24. The Hall–Kier alpha value is -4.11. The topological polar surface area (TPSA) is 83.0 Å². The number of nitrogen functional groups attached to an aromatic ring is 1. The number of ether oxygens (including phenoxy) is 1. The number of anilines is 1. The first-order valence-corrected chi connectivity index (χ1v) is 10.5. The van der Waals surface area contributed by atoms with E-state index in [2.05, 4.69) is 21.8 Å². The molecule has 0 radical (unpaired) electrons. The summed E-state index contributed by atoms with van der Waals surface area (Å²) in [7, 11) is 1.63. The van der Waals surface area contributed by atoms with Crippen LogP contribution in [0.5, 0.6) is 5.75 Å². The van der Waals surface area contributed by atoms with Gasteiger partial charge in [-0.2, -0.15) is 0 Å². The average molecular weight is 422 g/mol. The molecule has 1 fully saturated rings. The normalized spacial score (nSPS) is 12.9. The highest BCUT2D eigenvalue weighted by molar-refractivity contribution is 5.97. The minimum atomic E-state index is 0.184. The molecule has 0 amide bonds. The molecular formula is C26H22N4O2. The fourth-order valence-corrected chi connectivity index (χ4v) is 3.75. The first-order chi connectivity index (χ1) is 15.6. The molecule has 4 aromatic rings. The molecule has 2 N–H and O–H groups in total. The average Bonchev–Trinajstić information content (AvgIpc) is 3.55. The van der Waals surface area contributed by atoms with E-state index in [0.29, 0.717) is 34.8 Å². The Morgan fingerprint density at radius 3 is 2.81 bits per heavy atom. The van der Waals surface area contributed by atoms with Crippen LogP contribution in [0.4, 0.5) is 5.82 Å². The van der Waals surface area contributed by atoms with Crippen LogP contribution in [0.15, 0.2) is 61.1 Å². The fourth-order valence-electron chi connectivity index (χ4n) is 3.75. The number of hydrogen-bond donors (Lipinski definition) is 1. The minimum Gasteiger partial charge on any atom is -0.497 e. The standard InChI is InChI=1S/C26H22N4O2/c1-32-22-7-3-6-21(14-22)30-15-20(24-25(27)28-16-29-26(24)30)11-10-17-4-2-5-19(12-17)23(31)13-18-8-9-18/h2-7,12,14-16,18H,8-9,13H2,1H3,(H2,27,28,29). The molecule has 6 heteroatoms. The minimum absolute atomic E-state index is 0.184. The Kier molecular flexibility index (Phi) is 5.08. The third-order valence-electron chi connectivity index (χ3n) is 5.64. The van der Waals surface area contributed by atoms with Crippen molar-refractivity contribution >= 4 is 22.6 Å². The third kappa shape index (κ3) is 3.93. The maximum Gasteiger partial charge on any atom is 0.163 e. The van der Waals surface area contributed by atoms with Gasteiger partial charge in [-0.15, -0.1) is 0 Å². The van der Waals surface area contributed by atoms with Crippen LogP contribution in [0.1, 0.15) is 40.7 Å². The highest BCUT2D eigenvalue weighted by atomic mass is 16.5. The van der Waals surface area contributed by atoms with Crippen LogP contribution in [0.25, 0.3) is 16.7 Å². The number of aromatic nitrogens is 3. The number of nitrogens with zero attached hydrogens (tertiary/aromatic N) is 3. The summed E-state index contributed by atoms with van der Waals surface area (Å²) in [5.41, 5.74) is 9.95. The number of carbonyl (C=O) groups is 1. The number of nitrogens with two attached hydrogens (primary N) is 1. The molecule has 1 aliphatic carbocycles. The van der Waals surface area contributed by atoms with Gasteiger partial charge in [-0.1, -0.05) is 30.0 Å². The van der Waals surface area contributed by atoms with E-state index in [1.165, 1.54) is 6.33 Å². The van der Waals surface area contributed by atoms with Crippen LogP contribution in [-0.2, 0) is 0 Å². The first-order valence-electron chi connectivity index (χ1n) is 10.5. The van der Waals surface area contributed by atoms with Crippen molar-refractivity contribution < 1.29 is 9.53 Å². The Balaban J connectivity index is 1.55. The third-order valence-corrected chi connectivity index (χ3v) is 5.64. The van der Waals surface area contributed by atoms with E-state index in [9.17, 15) is 4.79 Å². The summed E-state index contributed by atoms with van der Waals surface area (Å²) in [5.74, 6) is 8.24. The Bertz CT molecular complexity index is 1390. The summed E-state index contributed by atoms with van der Waals surface area (Å²) < 4.78 is 7.28. The molecular weight excluding hydrogens is 400 g/mol. The molecule has 158 valence electrons. The number of rotatable bonds is 5. The van der Waals surface area contributed by atoms with Crippen molar-refractivity contribution in [3.63, 3.8) is 0 Å². The van der Waals surface area contributed by atoms with Crippen LogP contribution in [0.2, 0.25) is 0 Å². The van der Waals surface area contributed by atoms with Gasteiger partial charge >= 0.3 is 0 Å². The number of ketones is 1. The first kappa shape index (κ1) is 19.8. The van der Waals surface area contributed by atoms with Crippen molar-refractivity contribution in [2.24, 2.45) is 5.92 Å². The smallest absolute Gasteiger partial charge is 0.163 e. The molecule has 2 aromatic carbocycles. The second-order valence-corrected chi connectivity index (χ2v) is 7.97. The van der Waals surface area contributed by atoms with Crippen LogP contribution >= 0.6 is 0 Å². The van der Waals surface area contributed by atoms with Crippen molar-refractivity contribution in [2.45, 2.75) is 19.3 Å². The quantitative estimate of drug-likeness (QED) is 0.381. The highest BCUT2D eigenvalue weighted by Crippen LogP contribution is 2.33. The van der Waals surface area contributed by atoms with Gasteiger partial charge in [0.2, 0.25) is 0 Å². The predicted molar refractivity (Wildman–Crippen MR) is 124 cm³/mol. The van der Waals surface area contributed by atoms with Crippen LogP contribution in [0, 0.1) is 17.8 Å². The molecule has 0 unspecified atom stereocenters. The number of hydrogen-bond acceptors (Lipinski definition) is 5. The van der Waals surface area contributed by atoms with Crippen LogP contribution in [0.3, 0.4) is 0 Å². The van der Waals surface area contributed by atoms with Gasteiger partial charge in [-0.25, -0.2) is 9.97 Å². The van der Waals surface area contributed by atoms with Crippen molar-refractivity contribution in [2.75, 3.05) is 12.8 Å². The van der Waals surface area contributed by atoms with Gasteiger partial charge in [-0.05, 0) is 43.0 Å². The molecule has 0 aliphatic heterocycles. The van der Waals surface area contributed by atoms with Crippen molar-refractivity contribution in [1.29, 1.82) is 0 Å². The zero-order valence-corrected chi connectivity index (χ0v) is 17.7. The van der Waals surface area contributed by atoms with Gasteiger partial charge in [0.1, 0.15) is 17.9 Å². The van der Waals surface area contributed by atoms with Crippen molar-refractivity contribution in [3.05, 3.63) is 77.7 Å². The number of carbonyl (C=O) groups excluding carboxylic acids is 1. The number of fused-ring (bicyclic) bond motifs is 1. The second kappa shape index (κ2) is 8.20. The zero-order valence-electron chi connectivity index (χ0n) is 17.7. The second-order valence-electron chi connectivity index (χ2n) is 7.97. The van der Waals surface area contributed by atoms with Crippen LogP contribution < -0.4 is 10.5 Å². The van der Waals surface area contributed by atoms with Crippen molar-refractivity contribution in [3.8, 4) is 23.3 Å². The van der Waals surface area contributed by atoms with E-state index in [1.807, 2.05) is 59.3 Å². The molecule has 2 aromatic heterocycles. The lowest BCUT2D eigenvalue weighted by molar-refractivity contribution is 0.0976. The summed E-state index contributed by atoms with van der Waals surface area (Å²) in [6.45, 7) is 0. The Morgan fingerprint density at radius 2 is 2.00 bits per heavy atom. The maximum atomic E-state index is 12.5. The van der Waals surface area contributed by atoms with E-state index in [-0.39, 0.29) is 5.78 Å². The molecule has 6 nitrogen and oxygen atoms in total. The molecule has 5 rings (SSSR count). The summed E-state index contributed by atoms with van der Waals surface area (Å²) >= 11 is 0. The maximum absolute atomic E-state index is 12.5. The SMILES string of the molecule is COc1cccc(-n2cc(C#Cc3cccc(C(=O)CC4CC4)c3)c3c(N)ncnc32)c1. The molecule has 32 heavy (non-hydrogen) atoms. The molecule has 0 bridgehead atoms. The van der Waals surface area contributed by atoms with Gasteiger partial charge in [0.25, 0.3) is 0 Å². The van der Waals surface area contributed by atoms with Gasteiger partial charge < -0.3 is 10.5 Å². The molecule has 1 aliphatic rings. The van der Waals surface area contributed by atoms with E-state index < -0.39 is 0 Å². The van der Waals surface area contributed by atoms with E-state index in [4.69, 9.17) is 10.5 Å². The zero-order chi connectivity index (χ0) is 22.1. The van der Waals surface area contributed by atoms with Gasteiger partial charge in [0.05, 0.1) is 23.7 Å². The lowest BCUT2D eigenvalue weighted by Gasteiger charge is -2.06. The predicted octanol–water partition coefficient (Wildman–Crippen LogP) is 4.39. The van der Waals surface area contributed by atoms with Gasteiger partial charge in [0.15, 0.2) is 11.4 Å². The van der Waals surface area contributed by atoms with Gasteiger partial charge in [-0.3, -0.25) is 9.36 Å². The van der Waals surface area contributed by atoms with E-state index >= 15 is 0 Å². The lowest BCUT2D eigenvalue weighted by Crippen LogP contribution is -2.00. The summed E-state index contributed by atoms with van der Waals surface area (Å²) in [6.07, 6.45) is 6.29. The van der Waals surface area contributed by atoms with Gasteiger partial charge in [0, 0.05) is 29.8 Å². The van der Waals surface area contributed by atoms with Crippen LogP contribution in [-0.4, -0.2) is 27.4 Å². The number of methoxy groups -OCH3 is 1. The molecule has 2 heterocycles. The Morgan fingerprint density at radius 1 is 1.16 bits per heavy atom. The summed E-state index contributed by atoms with van der Waals surface area (Å²) in [5, 5.41) is 0.698.